The minimum absolute atomic E-state index is 0.207. The summed E-state index contributed by atoms with van der Waals surface area (Å²) in [6.07, 6.45) is 0. The predicted octanol–water partition coefficient (Wildman–Crippen LogP) is 4.27. The fourth-order valence-corrected chi connectivity index (χ4v) is 4.20. The number of fused-ring (bicyclic) bond motifs is 3. The summed E-state index contributed by atoms with van der Waals surface area (Å²) in [5, 5.41) is 1.29. The second-order valence-corrected chi connectivity index (χ2v) is 8.43. The number of methoxy groups -OCH3 is 1. The second kappa shape index (κ2) is 7.36. The van der Waals surface area contributed by atoms with Gasteiger partial charge in [-0.3, -0.25) is 9.36 Å². The number of halogens is 1. The zero-order valence-electron chi connectivity index (χ0n) is 17.7. The van der Waals surface area contributed by atoms with E-state index in [0.29, 0.717) is 34.0 Å². The van der Waals surface area contributed by atoms with Gasteiger partial charge in [0.1, 0.15) is 11.3 Å². The molecule has 0 amide bonds. The molecule has 0 saturated heterocycles. The Hall–Kier alpha value is -2.99. The smallest absolute Gasteiger partial charge is 0.336 e. The largest absolute Gasteiger partial charge is 0.497 e. The van der Waals surface area contributed by atoms with Crippen LogP contribution >= 0.6 is 11.6 Å². The van der Waals surface area contributed by atoms with Gasteiger partial charge in [0, 0.05) is 24.0 Å². The molecule has 2 heterocycles. The minimum Gasteiger partial charge on any atom is -0.497 e. The molecule has 0 spiro atoms. The van der Waals surface area contributed by atoms with Gasteiger partial charge in [0.15, 0.2) is 0 Å². The van der Waals surface area contributed by atoms with Crippen LogP contribution in [0.15, 0.2) is 46.0 Å². The number of nitrogens with zero attached hydrogens (tertiary/aromatic N) is 3. The molecule has 0 aliphatic heterocycles. The maximum Gasteiger partial charge on any atom is 0.336 e. The number of aryl methyl sites for hydroxylation is 2. The van der Waals surface area contributed by atoms with Gasteiger partial charge in [-0.05, 0) is 48.7 Å². The number of aromatic nitrogens is 3. The van der Waals surface area contributed by atoms with Gasteiger partial charge < -0.3 is 9.30 Å². The van der Waals surface area contributed by atoms with Crippen molar-refractivity contribution in [1.82, 2.24) is 13.7 Å². The maximum atomic E-state index is 13.7. The molecule has 0 N–H and O–H groups in total. The van der Waals surface area contributed by atoms with Crippen LogP contribution in [0, 0.1) is 12.8 Å². The molecule has 0 atom stereocenters. The third-order valence-corrected chi connectivity index (χ3v) is 5.67. The first-order valence-electron chi connectivity index (χ1n) is 9.83. The highest BCUT2D eigenvalue weighted by Crippen LogP contribution is 2.29. The zero-order valence-corrected chi connectivity index (χ0v) is 18.4. The van der Waals surface area contributed by atoms with Crippen molar-refractivity contribution < 1.29 is 4.74 Å². The number of ether oxygens (including phenoxy) is 1. The Labute approximate surface area is 178 Å². The minimum atomic E-state index is -0.373. The maximum absolute atomic E-state index is 13.7. The second-order valence-electron chi connectivity index (χ2n) is 8.00. The summed E-state index contributed by atoms with van der Waals surface area (Å²) in [5.41, 5.74) is 2.53. The van der Waals surface area contributed by atoms with Gasteiger partial charge in [0.2, 0.25) is 0 Å². The standard InChI is InChI=1S/C23H24ClN3O3/c1-13(2)12-26-20-17-11-16(30-5)8-9-18(17)25(4)21(20)22(28)27(23(26)29)19-10-15(24)7-6-14(19)3/h6-11,13H,12H2,1-5H3. The van der Waals surface area contributed by atoms with Crippen molar-refractivity contribution in [1.29, 1.82) is 0 Å². The monoisotopic (exact) mass is 425 g/mol. The Bertz CT molecular complexity index is 1410. The molecule has 156 valence electrons. The Morgan fingerprint density at radius 1 is 1.07 bits per heavy atom. The Kier molecular flexibility index (Phi) is 4.98. The van der Waals surface area contributed by atoms with Crippen molar-refractivity contribution in [2.24, 2.45) is 13.0 Å². The van der Waals surface area contributed by atoms with Gasteiger partial charge in [-0.25, -0.2) is 9.36 Å². The summed E-state index contributed by atoms with van der Waals surface area (Å²) in [5.74, 6) is 0.881. The first kappa shape index (κ1) is 20.3. The average molecular weight is 426 g/mol. The molecule has 30 heavy (non-hydrogen) atoms. The molecule has 7 heteroatoms. The molecule has 0 bridgehead atoms. The lowest BCUT2D eigenvalue weighted by atomic mass is 10.1. The van der Waals surface area contributed by atoms with E-state index in [4.69, 9.17) is 16.3 Å². The highest BCUT2D eigenvalue weighted by Gasteiger charge is 2.22. The first-order chi connectivity index (χ1) is 14.2. The molecule has 4 rings (SSSR count). The molecule has 0 fully saturated rings. The van der Waals surface area contributed by atoms with Crippen molar-refractivity contribution in [2.75, 3.05) is 7.11 Å². The molecule has 4 aromatic rings. The zero-order chi connectivity index (χ0) is 21.7. The fraction of sp³-hybridized carbons (Fsp3) is 0.304. The number of rotatable bonds is 4. The van der Waals surface area contributed by atoms with Gasteiger partial charge in [0.05, 0.1) is 23.8 Å². The van der Waals surface area contributed by atoms with Crippen LogP contribution in [0.1, 0.15) is 19.4 Å². The lowest BCUT2D eigenvalue weighted by Gasteiger charge is -2.16. The summed E-state index contributed by atoms with van der Waals surface area (Å²) < 4.78 is 10.2. The topological polar surface area (TPSA) is 58.2 Å². The Balaban J connectivity index is 2.26. The van der Waals surface area contributed by atoms with Crippen molar-refractivity contribution in [3.63, 3.8) is 0 Å². The van der Waals surface area contributed by atoms with Gasteiger partial charge >= 0.3 is 5.69 Å². The number of benzene rings is 2. The summed E-state index contributed by atoms with van der Waals surface area (Å²) in [4.78, 5) is 27.3. The van der Waals surface area contributed by atoms with E-state index in [-0.39, 0.29) is 17.2 Å². The summed E-state index contributed by atoms with van der Waals surface area (Å²) in [7, 11) is 3.44. The van der Waals surface area contributed by atoms with E-state index in [9.17, 15) is 9.59 Å². The molecule has 0 aliphatic rings. The SMILES string of the molecule is COc1ccc2c(c1)c1c(c(=O)n(-c3cc(Cl)ccc3C)c(=O)n1CC(C)C)n2C. The van der Waals surface area contributed by atoms with Gasteiger partial charge in [-0.1, -0.05) is 31.5 Å². The molecule has 0 radical (unpaired) electrons. The van der Waals surface area contributed by atoms with Gasteiger partial charge in [-0.15, -0.1) is 0 Å². The van der Waals surface area contributed by atoms with Gasteiger partial charge in [-0.2, -0.15) is 0 Å². The van der Waals surface area contributed by atoms with Crippen LogP contribution in [0.25, 0.3) is 27.6 Å². The van der Waals surface area contributed by atoms with E-state index < -0.39 is 0 Å². The van der Waals surface area contributed by atoms with Crippen LogP contribution in [-0.2, 0) is 13.6 Å². The third kappa shape index (κ3) is 3.03. The third-order valence-electron chi connectivity index (χ3n) is 5.44. The van der Waals surface area contributed by atoms with Crippen LogP contribution < -0.4 is 16.0 Å². The van der Waals surface area contributed by atoms with E-state index in [1.54, 1.807) is 23.8 Å². The summed E-state index contributed by atoms with van der Waals surface area (Å²) in [6, 6.07) is 10.9. The molecule has 2 aromatic carbocycles. The van der Waals surface area contributed by atoms with Crippen molar-refractivity contribution in [2.45, 2.75) is 27.3 Å². The summed E-state index contributed by atoms with van der Waals surface area (Å²) >= 11 is 6.20. The van der Waals surface area contributed by atoms with E-state index in [2.05, 4.69) is 0 Å². The van der Waals surface area contributed by atoms with Crippen LogP contribution in [0.3, 0.4) is 0 Å². The average Bonchev–Trinajstić information content (AvgIpc) is 2.99. The Morgan fingerprint density at radius 2 is 1.80 bits per heavy atom. The van der Waals surface area contributed by atoms with Crippen LogP contribution in [0.5, 0.6) is 5.75 Å². The Morgan fingerprint density at radius 3 is 2.47 bits per heavy atom. The van der Waals surface area contributed by atoms with Crippen molar-refractivity contribution in [3.05, 3.63) is 67.8 Å². The summed E-state index contributed by atoms with van der Waals surface area (Å²) in [6.45, 7) is 6.43. The lowest BCUT2D eigenvalue weighted by Crippen LogP contribution is -2.40. The predicted molar refractivity (Wildman–Crippen MR) is 121 cm³/mol. The molecule has 6 nitrogen and oxygen atoms in total. The molecule has 0 aliphatic carbocycles. The highest BCUT2D eigenvalue weighted by molar-refractivity contribution is 6.30. The lowest BCUT2D eigenvalue weighted by molar-refractivity contribution is 0.415. The molecule has 0 saturated carbocycles. The molecular formula is C23H24ClN3O3. The van der Waals surface area contributed by atoms with Crippen LogP contribution in [0.2, 0.25) is 5.02 Å². The highest BCUT2D eigenvalue weighted by atomic mass is 35.5. The van der Waals surface area contributed by atoms with E-state index in [1.807, 2.05) is 56.7 Å². The molecular weight excluding hydrogens is 402 g/mol. The number of hydrogen-bond donors (Lipinski definition) is 0. The number of hydrogen-bond acceptors (Lipinski definition) is 3. The normalized spacial score (nSPS) is 11.7. The first-order valence-corrected chi connectivity index (χ1v) is 10.2. The molecule has 2 aromatic heterocycles. The molecule has 0 unspecified atom stereocenters. The van der Waals surface area contributed by atoms with E-state index >= 15 is 0 Å². The quantitative estimate of drug-likeness (QED) is 0.490. The van der Waals surface area contributed by atoms with E-state index in [1.165, 1.54) is 4.57 Å². The van der Waals surface area contributed by atoms with Crippen LogP contribution in [0.4, 0.5) is 0 Å². The van der Waals surface area contributed by atoms with Gasteiger partial charge in [0.25, 0.3) is 5.56 Å². The van der Waals surface area contributed by atoms with Crippen molar-refractivity contribution >= 4 is 33.5 Å². The van der Waals surface area contributed by atoms with Crippen molar-refractivity contribution in [3.8, 4) is 11.4 Å². The van der Waals surface area contributed by atoms with Crippen LogP contribution in [-0.4, -0.2) is 20.8 Å². The van der Waals surface area contributed by atoms with E-state index in [0.717, 1.165) is 16.5 Å². The fourth-order valence-electron chi connectivity index (χ4n) is 4.03.